The first-order chi connectivity index (χ1) is 19.4. The normalized spacial score (nSPS) is 12.7. The van der Waals surface area contributed by atoms with E-state index in [-0.39, 0.29) is 6.42 Å². The van der Waals surface area contributed by atoms with Crippen LogP contribution >= 0.6 is 0 Å². The summed E-state index contributed by atoms with van der Waals surface area (Å²) in [5.41, 5.74) is 3.90. The maximum absolute atomic E-state index is 15.0. The summed E-state index contributed by atoms with van der Waals surface area (Å²) in [6.45, 7) is 5.77. The summed E-state index contributed by atoms with van der Waals surface area (Å²) in [7, 11) is 0. The quantitative estimate of drug-likeness (QED) is 0.0904. The van der Waals surface area contributed by atoms with Gasteiger partial charge in [-0.05, 0) is 72.6 Å². The monoisotopic (exact) mass is 544 g/mol. The molecule has 0 fully saturated rings. The lowest BCUT2D eigenvalue weighted by Crippen LogP contribution is -2.34. The van der Waals surface area contributed by atoms with Crippen molar-refractivity contribution in [1.82, 2.24) is 0 Å². The number of carbonyl (C=O) groups excluding carboxylic acids is 1. The number of halogens is 1. The van der Waals surface area contributed by atoms with Gasteiger partial charge in [0.1, 0.15) is 5.75 Å². The summed E-state index contributed by atoms with van der Waals surface area (Å²) in [6, 6.07) is 24.7. The minimum Gasteiger partial charge on any atom is -0.424 e. The molecule has 2 nitrogen and oxygen atoms in total. The van der Waals surface area contributed by atoms with Gasteiger partial charge in [0.05, 0.1) is 0 Å². The topological polar surface area (TPSA) is 26.3 Å². The Balaban J connectivity index is 1.58. The highest BCUT2D eigenvalue weighted by molar-refractivity contribution is 5.84. The van der Waals surface area contributed by atoms with Crippen molar-refractivity contribution in [2.75, 3.05) is 0 Å². The molecule has 40 heavy (non-hydrogen) atoms. The molecule has 0 saturated heterocycles. The highest BCUT2D eigenvalue weighted by Gasteiger charge is 2.34. The smallest absolute Gasteiger partial charge is 0.348 e. The van der Waals surface area contributed by atoms with Gasteiger partial charge in [-0.3, -0.25) is 0 Å². The first kappa shape index (κ1) is 31.6. The van der Waals surface area contributed by atoms with Gasteiger partial charge in [0.2, 0.25) is 5.67 Å². The minimum atomic E-state index is -1.97. The lowest BCUT2D eigenvalue weighted by Gasteiger charge is -2.18. The van der Waals surface area contributed by atoms with Crippen molar-refractivity contribution in [3.8, 4) is 28.0 Å². The standard InChI is InChI=1S/C37H49FO2/c1-4-6-8-10-12-14-18-30-21-23-31(24-22-30)34-19-15-16-20-35(34)32-25-27-33(28-26-32)40-36(39)37(3,38)29-17-13-11-9-7-5-2/h15-16,19-28H,4-14,17-18,29H2,1-3H3. The largest absolute Gasteiger partial charge is 0.424 e. The molecule has 0 spiro atoms. The molecule has 1 atom stereocenters. The van der Waals surface area contributed by atoms with E-state index in [4.69, 9.17) is 4.74 Å². The van der Waals surface area contributed by atoms with E-state index >= 15 is 4.39 Å². The van der Waals surface area contributed by atoms with Crippen LogP contribution in [0.4, 0.5) is 4.39 Å². The van der Waals surface area contributed by atoms with Gasteiger partial charge < -0.3 is 4.74 Å². The molecule has 0 N–H and O–H groups in total. The van der Waals surface area contributed by atoms with E-state index in [2.05, 4.69) is 56.3 Å². The fraction of sp³-hybridized carbons (Fsp3) is 0.486. The molecule has 3 aromatic carbocycles. The minimum absolute atomic E-state index is 0.196. The van der Waals surface area contributed by atoms with Gasteiger partial charge in [-0.1, -0.05) is 139 Å². The van der Waals surface area contributed by atoms with E-state index in [9.17, 15) is 4.79 Å². The average Bonchev–Trinajstić information content (AvgIpc) is 2.97. The van der Waals surface area contributed by atoms with E-state index in [1.54, 1.807) is 12.1 Å². The number of rotatable bonds is 18. The van der Waals surface area contributed by atoms with Crippen molar-refractivity contribution in [3.63, 3.8) is 0 Å². The zero-order valence-corrected chi connectivity index (χ0v) is 25.0. The van der Waals surface area contributed by atoms with Crippen LogP contribution in [0.5, 0.6) is 5.75 Å². The molecule has 0 aliphatic rings. The van der Waals surface area contributed by atoms with Gasteiger partial charge >= 0.3 is 5.97 Å². The van der Waals surface area contributed by atoms with Crippen molar-refractivity contribution in [3.05, 3.63) is 78.4 Å². The Morgan fingerprint density at radius 3 is 1.68 bits per heavy atom. The van der Waals surface area contributed by atoms with Crippen molar-refractivity contribution in [2.24, 2.45) is 0 Å². The van der Waals surface area contributed by atoms with Crippen molar-refractivity contribution in [2.45, 2.75) is 116 Å². The van der Waals surface area contributed by atoms with Crippen LogP contribution in [0.15, 0.2) is 72.8 Å². The predicted octanol–water partition coefficient (Wildman–Crippen LogP) is 11.3. The van der Waals surface area contributed by atoms with Gasteiger partial charge in [-0.2, -0.15) is 0 Å². The highest BCUT2D eigenvalue weighted by Crippen LogP contribution is 2.33. The third kappa shape index (κ3) is 10.2. The molecule has 1 unspecified atom stereocenters. The maximum atomic E-state index is 15.0. The predicted molar refractivity (Wildman–Crippen MR) is 168 cm³/mol. The number of esters is 1. The van der Waals surface area contributed by atoms with Gasteiger partial charge in [-0.25, -0.2) is 9.18 Å². The maximum Gasteiger partial charge on any atom is 0.348 e. The lowest BCUT2D eigenvalue weighted by atomic mass is 9.93. The van der Waals surface area contributed by atoms with Crippen LogP contribution in [-0.4, -0.2) is 11.6 Å². The molecule has 0 saturated carbocycles. The van der Waals surface area contributed by atoms with E-state index in [1.807, 2.05) is 18.2 Å². The Morgan fingerprint density at radius 1 is 0.650 bits per heavy atom. The number of aryl methyl sites for hydroxylation is 1. The molecule has 0 radical (unpaired) electrons. The van der Waals surface area contributed by atoms with Crippen LogP contribution in [0.25, 0.3) is 22.3 Å². The third-order valence-electron chi connectivity index (χ3n) is 7.81. The number of ether oxygens (including phenoxy) is 1. The summed E-state index contributed by atoms with van der Waals surface area (Å²) >= 11 is 0. The summed E-state index contributed by atoms with van der Waals surface area (Å²) in [5, 5.41) is 0. The molecular weight excluding hydrogens is 495 g/mol. The van der Waals surface area contributed by atoms with Gasteiger partial charge in [0.25, 0.3) is 0 Å². The molecule has 0 aromatic heterocycles. The first-order valence-corrected chi connectivity index (χ1v) is 15.6. The van der Waals surface area contributed by atoms with Gasteiger partial charge in [0.15, 0.2) is 0 Å². The van der Waals surface area contributed by atoms with Crippen LogP contribution in [0.2, 0.25) is 0 Å². The third-order valence-corrected chi connectivity index (χ3v) is 7.81. The Kier molecular flexibility index (Phi) is 13.4. The van der Waals surface area contributed by atoms with Gasteiger partial charge in [0, 0.05) is 0 Å². The number of benzene rings is 3. The Morgan fingerprint density at radius 2 is 1.12 bits per heavy atom. The molecule has 0 amide bonds. The molecule has 3 heteroatoms. The summed E-state index contributed by atoms with van der Waals surface area (Å²) < 4.78 is 20.5. The molecule has 3 rings (SSSR count). The Labute approximate surface area is 242 Å². The van der Waals surface area contributed by atoms with E-state index in [0.717, 1.165) is 36.0 Å². The summed E-state index contributed by atoms with van der Waals surface area (Å²) in [5.74, 6) is -0.438. The van der Waals surface area contributed by atoms with Crippen molar-refractivity contribution >= 4 is 5.97 Å². The van der Waals surface area contributed by atoms with Crippen LogP contribution in [0.1, 0.15) is 110 Å². The summed E-state index contributed by atoms with van der Waals surface area (Å²) in [4.78, 5) is 12.5. The van der Waals surface area contributed by atoms with E-state index in [1.165, 1.54) is 75.8 Å². The zero-order valence-electron chi connectivity index (χ0n) is 25.0. The van der Waals surface area contributed by atoms with E-state index < -0.39 is 11.6 Å². The van der Waals surface area contributed by atoms with Gasteiger partial charge in [-0.15, -0.1) is 0 Å². The van der Waals surface area contributed by atoms with Crippen LogP contribution in [-0.2, 0) is 11.2 Å². The number of hydrogen-bond donors (Lipinski definition) is 0. The molecule has 3 aromatic rings. The second-order valence-corrected chi connectivity index (χ2v) is 11.4. The average molecular weight is 545 g/mol. The first-order valence-electron chi connectivity index (χ1n) is 15.6. The number of alkyl halides is 1. The number of hydrogen-bond acceptors (Lipinski definition) is 2. The van der Waals surface area contributed by atoms with Crippen LogP contribution in [0, 0.1) is 0 Å². The Bertz CT molecular complexity index is 1130. The molecule has 0 heterocycles. The van der Waals surface area contributed by atoms with Crippen molar-refractivity contribution in [1.29, 1.82) is 0 Å². The summed E-state index contributed by atoms with van der Waals surface area (Å²) in [6.07, 6.45) is 15.5. The highest BCUT2D eigenvalue weighted by atomic mass is 19.1. The number of unbranched alkanes of at least 4 members (excludes halogenated alkanes) is 10. The second-order valence-electron chi connectivity index (χ2n) is 11.4. The molecule has 216 valence electrons. The van der Waals surface area contributed by atoms with E-state index in [0.29, 0.717) is 12.2 Å². The molecule has 0 aliphatic heterocycles. The molecule has 0 bridgehead atoms. The molecular formula is C37H49FO2. The Hall–Kier alpha value is -2.94. The fourth-order valence-electron chi connectivity index (χ4n) is 5.20. The SMILES string of the molecule is CCCCCCCCc1ccc(-c2ccccc2-c2ccc(OC(=O)C(C)(F)CCCCCCCC)cc2)cc1. The second kappa shape index (κ2) is 17.0. The molecule has 0 aliphatic carbocycles. The van der Waals surface area contributed by atoms with Crippen LogP contribution < -0.4 is 4.74 Å². The lowest BCUT2D eigenvalue weighted by molar-refractivity contribution is -0.147. The number of carbonyl (C=O) groups is 1. The zero-order chi connectivity index (χ0) is 28.6. The van der Waals surface area contributed by atoms with Crippen molar-refractivity contribution < 1.29 is 13.9 Å². The fourth-order valence-corrected chi connectivity index (χ4v) is 5.20. The van der Waals surface area contributed by atoms with Crippen LogP contribution in [0.3, 0.4) is 0 Å².